The van der Waals surface area contributed by atoms with Crippen LogP contribution in [0.2, 0.25) is 0 Å². The van der Waals surface area contributed by atoms with Gasteiger partial charge in [-0.1, -0.05) is 38.1 Å². The molecule has 3 nitrogen and oxygen atoms in total. The van der Waals surface area contributed by atoms with Gasteiger partial charge in [-0.25, -0.2) is 4.79 Å². The van der Waals surface area contributed by atoms with E-state index in [1.54, 1.807) is 6.08 Å². The van der Waals surface area contributed by atoms with Gasteiger partial charge in [-0.15, -0.1) is 0 Å². The molecule has 0 heterocycles. The van der Waals surface area contributed by atoms with Crippen LogP contribution in [0.1, 0.15) is 37.8 Å². The van der Waals surface area contributed by atoms with E-state index in [4.69, 9.17) is 0 Å². The zero-order valence-corrected chi connectivity index (χ0v) is 11.2. The summed E-state index contributed by atoms with van der Waals surface area (Å²) in [5.41, 5.74) is 2.10. The van der Waals surface area contributed by atoms with Gasteiger partial charge >= 0.3 is 5.97 Å². The van der Waals surface area contributed by atoms with Crippen LogP contribution in [0, 0.1) is 0 Å². The fourth-order valence-electron chi connectivity index (χ4n) is 1.56. The maximum absolute atomic E-state index is 11.4. The number of esters is 1. The van der Waals surface area contributed by atoms with Gasteiger partial charge in [0.2, 0.25) is 0 Å². The van der Waals surface area contributed by atoms with Crippen molar-refractivity contribution in [2.75, 3.05) is 7.11 Å². The quantitative estimate of drug-likeness (QED) is 0.355. The van der Waals surface area contributed by atoms with Crippen molar-refractivity contribution >= 4 is 17.8 Å². The summed E-state index contributed by atoms with van der Waals surface area (Å²) in [6.07, 6.45) is 1.55. The number of benzene rings is 1. The number of hydrogen-bond donors (Lipinski definition) is 0. The maximum Gasteiger partial charge on any atom is 0.341 e. The van der Waals surface area contributed by atoms with Gasteiger partial charge < -0.3 is 4.74 Å². The summed E-state index contributed by atoms with van der Waals surface area (Å²) in [5, 5.41) is 0. The molecular weight excluding hydrogens is 228 g/mol. The molecule has 0 aromatic heterocycles. The minimum Gasteiger partial charge on any atom is -0.465 e. The molecular formula is C15H18O3. The Morgan fingerprint density at radius 2 is 1.72 bits per heavy atom. The third kappa shape index (κ3) is 3.55. The van der Waals surface area contributed by atoms with Gasteiger partial charge in [0, 0.05) is 0 Å². The van der Waals surface area contributed by atoms with E-state index in [1.807, 2.05) is 24.3 Å². The number of ether oxygens (including phenoxy) is 1. The highest BCUT2D eigenvalue weighted by Crippen LogP contribution is 2.16. The van der Waals surface area contributed by atoms with Crippen LogP contribution in [0.15, 0.2) is 29.8 Å². The lowest BCUT2D eigenvalue weighted by Gasteiger charge is -2.06. The van der Waals surface area contributed by atoms with Crippen LogP contribution < -0.4 is 0 Å². The van der Waals surface area contributed by atoms with Crippen molar-refractivity contribution in [2.45, 2.75) is 26.7 Å². The largest absolute Gasteiger partial charge is 0.465 e. The molecule has 0 unspecified atom stereocenters. The van der Waals surface area contributed by atoms with E-state index in [-0.39, 0.29) is 11.4 Å². The fraction of sp³-hybridized carbons (Fsp3) is 0.333. The Hall–Kier alpha value is -1.90. The number of rotatable bonds is 4. The SMILES string of the molecule is COC(=O)C(=Cc1ccc(C(C)C)cc1)C(C)=O. The number of carbonyl (C=O) groups excluding carboxylic acids is 2. The average Bonchev–Trinajstić information content (AvgIpc) is 2.35. The topological polar surface area (TPSA) is 43.4 Å². The highest BCUT2D eigenvalue weighted by molar-refractivity contribution is 6.19. The Morgan fingerprint density at radius 1 is 1.17 bits per heavy atom. The molecule has 1 rings (SSSR count). The molecule has 0 saturated carbocycles. The molecule has 18 heavy (non-hydrogen) atoms. The second kappa shape index (κ2) is 6.15. The molecule has 0 fully saturated rings. The normalized spacial score (nSPS) is 11.5. The molecule has 0 amide bonds. The number of ketones is 1. The third-order valence-electron chi connectivity index (χ3n) is 2.70. The standard InChI is InChI=1S/C15H18O3/c1-10(2)13-7-5-12(6-8-13)9-14(11(3)16)15(17)18-4/h5-10H,1-4H3. The molecule has 0 atom stereocenters. The van der Waals surface area contributed by atoms with E-state index in [0.29, 0.717) is 5.92 Å². The van der Waals surface area contributed by atoms with E-state index in [2.05, 4.69) is 18.6 Å². The smallest absolute Gasteiger partial charge is 0.341 e. The summed E-state index contributed by atoms with van der Waals surface area (Å²) in [5.74, 6) is -0.443. The molecule has 0 aliphatic carbocycles. The summed E-state index contributed by atoms with van der Waals surface area (Å²) in [6.45, 7) is 5.58. The molecule has 1 aromatic carbocycles. The van der Waals surface area contributed by atoms with Gasteiger partial charge in [0.25, 0.3) is 0 Å². The van der Waals surface area contributed by atoms with Gasteiger partial charge in [0.05, 0.1) is 7.11 Å². The molecule has 0 N–H and O–H groups in total. The van der Waals surface area contributed by atoms with E-state index in [1.165, 1.54) is 19.6 Å². The van der Waals surface area contributed by atoms with Crippen LogP contribution in [0.25, 0.3) is 6.08 Å². The van der Waals surface area contributed by atoms with Crippen molar-refractivity contribution in [3.8, 4) is 0 Å². The Labute approximate surface area is 107 Å². The first-order chi connectivity index (χ1) is 8.45. The maximum atomic E-state index is 11.4. The van der Waals surface area contributed by atoms with Crippen molar-refractivity contribution < 1.29 is 14.3 Å². The lowest BCUT2D eigenvalue weighted by atomic mass is 10.0. The summed E-state index contributed by atoms with van der Waals surface area (Å²) in [4.78, 5) is 22.8. The summed E-state index contributed by atoms with van der Waals surface area (Å²) < 4.78 is 4.58. The first-order valence-electron chi connectivity index (χ1n) is 5.86. The zero-order valence-electron chi connectivity index (χ0n) is 11.2. The molecule has 0 radical (unpaired) electrons. The number of carbonyl (C=O) groups is 2. The number of Topliss-reactive ketones (excluding diaryl/α,β-unsaturated/α-hetero) is 1. The van der Waals surface area contributed by atoms with Crippen molar-refractivity contribution in [1.82, 2.24) is 0 Å². The Bertz CT molecular complexity index is 467. The zero-order chi connectivity index (χ0) is 13.7. The van der Waals surface area contributed by atoms with Crippen molar-refractivity contribution in [3.63, 3.8) is 0 Å². The fourth-order valence-corrected chi connectivity index (χ4v) is 1.56. The van der Waals surface area contributed by atoms with Crippen LogP contribution in [-0.2, 0) is 14.3 Å². The van der Waals surface area contributed by atoms with Gasteiger partial charge in [0.1, 0.15) is 5.57 Å². The van der Waals surface area contributed by atoms with Crippen molar-refractivity contribution in [1.29, 1.82) is 0 Å². The van der Waals surface area contributed by atoms with Crippen LogP contribution in [0.5, 0.6) is 0 Å². The number of methoxy groups -OCH3 is 1. The third-order valence-corrected chi connectivity index (χ3v) is 2.70. The van der Waals surface area contributed by atoms with E-state index in [0.717, 1.165) is 5.56 Å². The highest BCUT2D eigenvalue weighted by Gasteiger charge is 2.14. The Kier molecular flexibility index (Phi) is 4.84. The minimum atomic E-state index is -0.601. The molecule has 0 bridgehead atoms. The molecule has 0 spiro atoms. The van der Waals surface area contributed by atoms with Crippen molar-refractivity contribution in [3.05, 3.63) is 41.0 Å². The monoisotopic (exact) mass is 246 g/mol. The summed E-state index contributed by atoms with van der Waals surface area (Å²) in [6, 6.07) is 7.76. The number of hydrogen-bond acceptors (Lipinski definition) is 3. The predicted octanol–water partition coefficient (Wildman–Crippen LogP) is 2.96. The van der Waals surface area contributed by atoms with Crippen LogP contribution >= 0.6 is 0 Å². The Morgan fingerprint density at radius 3 is 2.11 bits per heavy atom. The first kappa shape index (κ1) is 14.2. The highest BCUT2D eigenvalue weighted by atomic mass is 16.5. The Balaban J connectivity index is 3.05. The van der Waals surface area contributed by atoms with E-state index in [9.17, 15) is 9.59 Å². The minimum absolute atomic E-state index is 0.0646. The van der Waals surface area contributed by atoms with Crippen molar-refractivity contribution in [2.24, 2.45) is 0 Å². The van der Waals surface area contributed by atoms with E-state index >= 15 is 0 Å². The second-order valence-electron chi connectivity index (χ2n) is 4.43. The van der Waals surface area contributed by atoms with Gasteiger partial charge in [-0.2, -0.15) is 0 Å². The van der Waals surface area contributed by atoms with Gasteiger partial charge in [-0.05, 0) is 30.0 Å². The molecule has 0 aliphatic rings. The molecule has 1 aromatic rings. The van der Waals surface area contributed by atoms with Crippen LogP contribution in [-0.4, -0.2) is 18.9 Å². The lowest BCUT2D eigenvalue weighted by molar-refractivity contribution is -0.137. The van der Waals surface area contributed by atoms with Crippen LogP contribution in [0.3, 0.4) is 0 Å². The predicted molar refractivity (Wildman–Crippen MR) is 71.2 cm³/mol. The lowest BCUT2D eigenvalue weighted by Crippen LogP contribution is -2.11. The van der Waals surface area contributed by atoms with Crippen LogP contribution in [0.4, 0.5) is 0 Å². The molecule has 3 heteroatoms. The first-order valence-corrected chi connectivity index (χ1v) is 5.86. The van der Waals surface area contributed by atoms with Gasteiger partial charge in [0.15, 0.2) is 5.78 Å². The average molecular weight is 246 g/mol. The summed E-state index contributed by atoms with van der Waals surface area (Å²) >= 11 is 0. The van der Waals surface area contributed by atoms with E-state index < -0.39 is 5.97 Å². The molecule has 0 saturated heterocycles. The second-order valence-corrected chi connectivity index (χ2v) is 4.43. The van der Waals surface area contributed by atoms with Gasteiger partial charge in [-0.3, -0.25) is 4.79 Å². The molecule has 96 valence electrons. The molecule has 0 aliphatic heterocycles. The summed E-state index contributed by atoms with van der Waals surface area (Å²) in [7, 11) is 1.26.